The van der Waals surface area contributed by atoms with Gasteiger partial charge in [-0.05, 0) is 147 Å². The molecule has 622 valence electrons. The normalized spacial score (nSPS) is 12.3. The molecular formula is C90H98N4O20S4. The summed E-state index contributed by atoms with van der Waals surface area (Å²) in [6.45, 7) is 20.0. The molecule has 0 aliphatic heterocycles. The van der Waals surface area contributed by atoms with Crippen LogP contribution >= 0.6 is 47.0 Å². The van der Waals surface area contributed by atoms with Crippen molar-refractivity contribution in [1.82, 2.24) is 21.3 Å². The predicted molar refractivity (Wildman–Crippen MR) is 456 cm³/mol. The molecule has 0 spiro atoms. The summed E-state index contributed by atoms with van der Waals surface area (Å²) < 4.78 is 70.3. The van der Waals surface area contributed by atoms with E-state index in [-0.39, 0.29) is 101 Å². The summed E-state index contributed by atoms with van der Waals surface area (Å²) in [5, 5.41) is 10.6. The van der Waals surface area contributed by atoms with Crippen LogP contribution in [0.15, 0.2) is 287 Å². The third kappa shape index (κ3) is 34.2. The summed E-state index contributed by atoms with van der Waals surface area (Å²) in [7, 11) is 0. The maximum atomic E-state index is 13.3. The number of benzene rings is 8. The first-order valence-corrected chi connectivity index (χ1v) is 41.8. The van der Waals surface area contributed by atoms with Crippen LogP contribution in [0.5, 0.6) is 23.0 Å². The summed E-state index contributed by atoms with van der Waals surface area (Å²) in [6, 6.07) is 69.2. The Kier molecular flexibility index (Phi) is 39.4. The molecular weight excluding hydrogens is 1590 g/mol. The van der Waals surface area contributed by atoms with Gasteiger partial charge in [0.15, 0.2) is 0 Å². The van der Waals surface area contributed by atoms with Gasteiger partial charge in [0.05, 0.1) is 26.2 Å². The summed E-state index contributed by atoms with van der Waals surface area (Å²) in [5.41, 5.74) is 4.25. The smallest absolute Gasteiger partial charge is 0.407 e. The molecule has 8 aromatic rings. The maximum Gasteiger partial charge on any atom is 0.407 e. The van der Waals surface area contributed by atoms with Crippen LogP contribution in [0, 0.1) is 0 Å². The van der Waals surface area contributed by atoms with Crippen molar-refractivity contribution in [1.29, 1.82) is 0 Å². The van der Waals surface area contributed by atoms with Gasteiger partial charge in [-0.25, -0.2) is 38.4 Å². The van der Waals surface area contributed by atoms with Crippen LogP contribution in [0.4, 0.5) is 19.2 Å². The van der Waals surface area contributed by atoms with E-state index in [0.29, 0.717) is 46.0 Å². The highest BCUT2D eigenvalue weighted by molar-refractivity contribution is 8.00. The molecule has 0 radical (unpaired) electrons. The Balaban J connectivity index is 1.13. The number of rotatable bonds is 49. The van der Waals surface area contributed by atoms with E-state index in [1.54, 1.807) is 0 Å². The van der Waals surface area contributed by atoms with Crippen LogP contribution < -0.4 is 40.2 Å². The van der Waals surface area contributed by atoms with Gasteiger partial charge in [0.25, 0.3) is 0 Å². The average molecular weight is 1680 g/mol. The molecule has 0 aromatic heterocycles. The zero-order valence-corrected chi connectivity index (χ0v) is 69.5. The fraction of sp³-hybridized carbons (Fsp3) is 0.289. The van der Waals surface area contributed by atoms with Gasteiger partial charge in [0.2, 0.25) is 0 Å². The molecule has 24 nitrogen and oxygen atoms in total. The standard InChI is InChI=1S/C90H98N4O20S4/c1-61(2)83(95)103-49-45-91-87(99)111-73(57-115-77-21-13-9-14-22-77)53-107-69-37-29-65(30-38-69)81(66-31-39-70(40-32-66)108-54-74(58-116-78-23-15-10-16-24-78)112-88(100)92-46-50-104-84(96)62(3)4)82(67-33-41-71(42-34-67)109-55-75(59-117-79-25-17-11-18-26-79)113-89(101)93-47-51-105-85(97)63(5)6)68-35-43-72(44-36-68)110-56-76(60-118-80-27-19-12-20-28-80)114-90(102)94-48-52-106-86(98)64(7)8/h9-44,73-76,81-82H,1,3,5,7,45-60H2,2,4,6,8H3,(H,91,99)(H,92,100)(H,93,101)(H,94,102). The molecule has 0 bridgehead atoms. The van der Waals surface area contributed by atoms with Crippen molar-refractivity contribution in [2.75, 3.05) is 102 Å². The second-order valence-corrected chi connectivity index (χ2v) is 30.8. The van der Waals surface area contributed by atoms with Gasteiger partial charge < -0.3 is 78.1 Å². The number of carbonyl (C=O) groups excluding carboxylic acids is 8. The van der Waals surface area contributed by atoms with Crippen LogP contribution in [0.1, 0.15) is 61.8 Å². The molecule has 8 aromatic carbocycles. The molecule has 0 aliphatic rings. The van der Waals surface area contributed by atoms with Gasteiger partial charge in [-0.2, -0.15) is 0 Å². The molecule has 118 heavy (non-hydrogen) atoms. The Labute approximate surface area is 705 Å². The molecule has 0 heterocycles. The summed E-state index contributed by atoms with van der Waals surface area (Å²) >= 11 is 5.94. The Morgan fingerprint density at radius 2 is 0.466 bits per heavy atom. The number of amides is 4. The van der Waals surface area contributed by atoms with Crippen molar-refractivity contribution in [3.05, 3.63) is 289 Å². The first-order chi connectivity index (χ1) is 57.1. The molecule has 28 heteroatoms. The monoisotopic (exact) mass is 1680 g/mol. The van der Waals surface area contributed by atoms with E-state index in [1.165, 1.54) is 74.7 Å². The van der Waals surface area contributed by atoms with Gasteiger partial charge in [-0.3, -0.25) is 0 Å². The Morgan fingerprint density at radius 1 is 0.280 bits per heavy atom. The van der Waals surface area contributed by atoms with Crippen molar-refractivity contribution in [3.8, 4) is 23.0 Å². The first-order valence-electron chi connectivity index (χ1n) is 37.8. The first kappa shape index (κ1) is 91.8. The van der Waals surface area contributed by atoms with Crippen molar-refractivity contribution in [2.24, 2.45) is 0 Å². The third-order valence-electron chi connectivity index (χ3n) is 16.7. The summed E-state index contributed by atoms with van der Waals surface area (Å²) in [4.78, 5) is 105. The van der Waals surface area contributed by atoms with Gasteiger partial charge in [0.1, 0.15) is 100 Å². The molecule has 4 unspecified atom stereocenters. The van der Waals surface area contributed by atoms with Gasteiger partial charge in [-0.1, -0.05) is 148 Å². The lowest BCUT2D eigenvalue weighted by molar-refractivity contribution is -0.139. The highest BCUT2D eigenvalue weighted by Crippen LogP contribution is 2.45. The van der Waals surface area contributed by atoms with Crippen LogP contribution in [0.2, 0.25) is 0 Å². The van der Waals surface area contributed by atoms with E-state index in [1.807, 2.05) is 218 Å². The van der Waals surface area contributed by atoms with Crippen LogP contribution in [-0.4, -0.2) is 175 Å². The molecule has 0 aliphatic carbocycles. The second kappa shape index (κ2) is 50.7. The Bertz CT molecular complexity index is 3960. The molecule has 0 saturated carbocycles. The van der Waals surface area contributed by atoms with E-state index in [9.17, 15) is 38.4 Å². The number of hydrogen-bond acceptors (Lipinski definition) is 24. The van der Waals surface area contributed by atoms with E-state index in [4.69, 9.17) is 56.8 Å². The fourth-order valence-corrected chi connectivity index (χ4v) is 14.3. The summed E-state index contributed by atoms with van der Waals surface area (Å²) in [5.74, 6) is -0.160. The van der Waals surface area contributed by atoms with E-state index < -0.39 is 84.5 Å². The van der Waals surface area contributed by atoms with Crippen LogP contribution in [0.25, 0.3) is 0 Å². The quantitative estimate of drug-likeness (QED) is 0.00905. The maximum absolute atomic E-state index is 13.3. The third-order valence-corrected chi connectivity index (χ3v) is 21.2. The predicted octanol–water partition coefficient (Wildman–Crippen LogP) is 16.2. The lowest BCUT2D eigenvalue weighted by atomic mass is 9.73. The lowest BCUT2D eigenvalue weighted by Gasteiger charge is -2.30. The molecule has 4 atom stereocenters. The van der Waals surface area contributed by atoms with E-state index in [2.05, 4.69) is 47.6 Å². The molecule has 4 N–H and O–H groups in total. The van der Waals surface area contributed by atoms with Crippen molar-refractivity contribution >= 4 is 95.3 Å². The van der Waals surface area contributed by atoms with Gasteiger partial charge in [0, 0.05) is 76.7 Å². The highest BCUT2D eigenvalue weighted by atomic mass is 32.2. The minimum absolute atomic E-state index is 0.00324. The second-order valence-electron chi connectivity index (χ2n) is 26.5. The Hall–Kier alpha value is -11.7. The molecule has 0 fully saturated rings. The number of carbonyl (C=O) groups is 8. The van der Waals surface area contributed by atoms with Gasteiger partial charge in [-0.15, -0.1) is 47.0 Å². The lowest BCUT2D eigenvalue weighted by Crippen LogP contribution is -2.35. The SMILES string of the molecule is C=C(C)C(=O)OCCNC(=O)OC(COc1ccc(C(c2ccc(OCC(CSc3ccccc3)OC(=O)NCCOC(=O)C(=C)C)cc2)C(c2ccc(OCC(CSc3ccccc3)OC(=O)NCCOC(=O)C(=C)C)cc2)c2ccc(OCC(CSc3ccccc3)OC(=O)NCCOC(=O)C(=C)C)cc2)cc1)CSc1ccccc1. The fourth-order valence-electron chi connectivity index (χ4n) is 10.7. The van der Waals surface area contributed by atoms with E-state index >= 15 is 0 Å². The van der Waals surface area contributed by atoms with E-state index in [0.717, 1.165) is 41.8 Å². The number of alkyl carbamates (subject to hydrolysis) is 4. The molecule has 0 saturated heterocycles. The zero-order valence-electron chi connectivity index (χ0n) is 66.2. The number of thioether (sulfide) groups is 4. The molecule has 8 rings (SSSR count). The van der Waals surface area contributed by atoms with Crippen molar-refractivity contribution in [3.63, 3.8) is 0 Å². The largest absolute Gasteiger partial charge is 0.490 e. The van der Waals surface area contributed by atoms with Crippen LogP contribution in [0.3, 0.4) is 0 Å². The molecule has 4 amide bonds. The van der Waals surface area contributed by atoms with Gasteiger partial charge >= 0.3 is 48.3 Å². The minimum atomic E-state index is -0.753. The number of nitrogens with one attached hydrogen (secondary N) is 4. The Morgan fingerprint density at radius 3 is 0.644 bits per heavy atom. The van der Waals surface area contributed by atoms with Crippen molar-refractivity contribution in [2.45, 2.75) is 83.5 Å². The topological polar surface area (TPSA) is 295 Å². The number of ether oxygens (including phenoxy) is 12. The van der Waals surface area contributed by atoms with Crippen molar-refractivity contribution < 1.29 is 95.2 Å². The highest BCUT2D eigenvalue weighted by Gasteiger charge is 2.31. The minimum Gasteiger partial charge on any atom is -0.490 e. The number of esters is 4. The number of hydrogen-bond donors (Lipinski definition) is 4. The summed E-state index contributed by atoms with van der Waals surface area (Å²) in [6.07, 6.45) is -5.93. The zero-order chi connectivity index (χ0) is 84.2. The van der Waals surface area contributed by atoms with Crippen LogP contribution in [-0.2, 0) is 57.1 Å². The average Bonchev–Trinajstić information content (AvgIpc) is 0.777.